The first kappa shape index (κ1) is 15.5. The van der Waals surface area contributed by atoms with E-state index in [0.717, 1.165) is 37.7 Å². The van der Waals surface area contributed by atoms with E-state index in [1.165, 1.54) is 0 Å². The molecule has 0 unspecified atom stereocenters. The van der Waals surface area contributed by atoms with E-state index in [4.69, 9.17) is 0 Å². The lowest BCUT2D eigenvalue weighted by molar-refractivity contribution is 0.317. The number of nitrogens with zero attached hydrogens (tertiary/aromatic N) is 1. The summed E-state index contributed by atoms with van der Waals surface area (Å²) in [5, 5.41) is 0. The second-order valence-electron chi connectivity index (χ2n) is 5.87. The first-order chi connectivity index (χ1) is 9.46. The summed E-state index contributed by atoms with van der Waals surface area (Å²) in [7, 11) is -3.35. The van der Waals surface area contributed by atoms with Crippen molar-refractivity contribution >= 4 is 10.0 Å². The summed E-state index contributed by atoms with van der Waals surface area (Å²) in [6, 6.07) is 7.49. The van der Waals surface area contributed by atoms with E-state index in [0.29, 0.717) is 4.90 Å². The van der Waals surface area contributed by atoms with E-state index in [9.17, 15) is 8.42 Å². The molecule has 1 fully saturated rings. The van der Waals surface area contributed by atoms with Gasteiger partial charge in [0.05, 0.1) is 4.90 Å². The van der Waals surface area contributed by atoms with Gasteiger partial charge in [0.1, 0.15) is 0 Å². The molecule has 1 aromatic rings. The number of rotatable bonds is 5. The molecule has 0 spiro atoms. The largest absolute Gasteiger partial charge is 0.243 e. The number of hydrogen-bond donors (Lipinski definition) is 0. The van der Waals surface area contributed by atoms with Crippen molar-refractivity contribution in [2.24, 2.45) is 0 Å². The Morgan fingerprint density at radius 3 is 2.45 bits per heavy atom. The highest BCUT2D eigenvalue weighted by Crippen LogP contribution is 2.33. The quantitative estimate of drug-likeness (QED) is 0.830. The maximum Gasteiger partial charge on any atom is 0.243 e. The highest BCUT2D eigenvalue weighted by atomic mass is 32.2. The third-order valence-corrected chi connectivity index (χ3v) is 6.28. The summed E-state index contributed by atoms with van der Waals surface area (Å²) in [5.41, 5.74) is 1.08. The molecule has 0 saturated carbocycles. The fraction of sp³-hybridized carbons (Fsp3) is 0.625. The minimum Gasteiger partial charge on any atom is -0.207 e. The van der Waals surface area contributed by atoms with Gasteiger partial charge < -0.3 is 0 Å². The van der Waals surface area contributed by atoms with Crippen LogP contribution in [-0.4, -0.2) is 24.8 Å². The van der Waals surface area contributed by atoms with Crippen molar-refractivity contribution in [1.82, 2.24) is 4.31 Å². The highest BCUT2D eigenvalue weighted by Gasteiger charge is 2.39. The maximum absolute atomic E-state index is 12.9. The lowest BCUT2D eigenvalue weighted by atomic mass is 10.1. The molecule has 0 radical (unpaired) electrons. The lowest BCUT2D eigenvalue weighted by Gasteiger charge is -2.27. The Morgan fingerprint density at radius 2 is 1.85 bits per heavy atom. The molecule has 1 aromatic carbocycles. The van der Waals surface area contributed by atoms with Crippen molar-refractivity contribution in [2.45, 2.75) is 69.9 Å². The molecule has 1 saturated heterocycles. The number of unbranched alkanes of at least 4 members (excludes halogenated alkanes) is 1. The average molecular weight is 295 g/mol. The van der Waals surface area contributed by atoms with Crippen LogP contribution in [0.3, 0.4) is 0 Å². The summed E-state index contributed by atoms with van der Waals surface area (Å²) in [5.74, 6) is 0. The fourth-order valence-corrected chi connectivity index (χ4v) is 4.93. The maximum atomic E-state index is 12.9. The highest BCUT2D eigenvalue weighted by molar-refractivity contribution is 7.89. The van der Waals surface area contributed by atoms with E-state index in [1.54, 1.807) is 16.4 Å². The van der Waals surface area contributed by atoms with E-state index >= 15 is 0 Å². The molecule has 3 nitrogen and oxygen atoms in total. The van der Waals surface area contributed by atoms with Crippen LogP contribution in [0.1, 0.15) is 51.5 Å². The molecule has 2 atom stereocenters. The van der Waals surface area contributed by atoms with Gasteiger partial charge in [0.25, 0.3) is 0 Å². The minimum atomic E-state index is -3.35. The van der Waals surface area contributed by atoms with Gasteiger partial charge in [-0.25, -0.2) is 8.42 Å². The first-order valence-electron chi connectivity index (χ1n) is 7.57. The topological polar surface area (TPSA) is 37.4 Å². The zero-order chi connectivity index (χ0) is 14.8. The van der Waals surface area contributed by atoms with Gasteiger partial charge in [-0.05, 0) is 45.2 Å². The number of aryl methyl sites for hydroxylation is 1. The monoisotopic (exact) mass is 295 g/mol. The summed E-state index contributed by atoms with van der Waals surface area (Å²) in [6.07, 6.45) is 5.15. The van der Waals surface area contributed by atoms with Crippen LogP contribution in [0.2, 0.25) is 0 Å². The zero-order valence-electron chi connectivity index (χ0n) is 12.7. The third-order valence-electron chi connectivity index (χ3n) is 4.20. The molecular weight excluding hydrogens is 270 g/mol. The molecule has 0 aromatic heterocycles. The molecule has 1 aliphatic heterocycles. The Bertz CT molecular complexity index is 536. The van der Waals surface area contributed by atoms with Crippen LogP contribution in [-0.2, 0) is 10.0 Å². The molecule has 1 heterocycles. The van der Waals surface area contributed by atoms with Crippen LogP contribution in [0.25, 0.3) is 0 Å². The predicted octanol–water partition coefficient (Wildman–Crippen LogP) is 3.73. The minimum absolute atomic E-state index is 0.114. The Kier molecular flexibility index (Phi) is 4.86. The van der Waals surface area contributed by atoms with Gasteiger partial charge in [0.2, 0.25) is 10.0 Å². The molecule has 0 aliphatic carbocycles. The number of hydrogen-bond acceptors (Lipinski definition) is 2. The zero-order valence-corrected chi connectivity index (χ0v) is 13.5. The van der Waals surface area contributed by atoms with Crippen molar-refractivity contribution in [1.29, 1.82) is 0 Å². The number of sulfonamides is 1. The Labute approximate surface area is 123 Å². The lowest BCUT2D eigenvalue weighted by Crippen LogP contribution is -2.39. The second kappa shape index (κ2) is 6.27. The predicted molar refractivity (Wildman–Crippen MR) is 82.2 cm³/mol. The van der Waals surface area contributed by atoms with Crippen molar-refractivity contribution < 1.29 is 8.42 Å². The van der Waals surface area contributed by atoms with Gasteiger partial charge in [0.15, 0.2) is 0 Å². The Morgan fingerprint density at radius 1 is 1.20 bits per heavy atom. The third kappa shape index (κ3) is 3.07. The van der Waals surface area contributed by atoms with Crippen LogP contribution in [0, 0.1) is 6.92 Å². The van der Waals surface area contributed by atoms with Crippen LogP contribution >= 0.6 is 0 Å². The van der Waals surface area contributed by atoms with Crippen molar-refractivity contribution in [2.75, 3.05) is 0 Å². The smallest absolute Gasteiger partial charge is 0.207 e. The summed E-state index contributed by atoms with van der Waals surface area (Å²) < 4.78 is 27.5. The molecule has 20 heavy (non-hydrogen) atoms. The van der Waals surface area contributed by atoms with Crippen molar-refractivity contribution in [3.8, 4) is 0 Å². The van der Waals surface area contributed by atoms with E-state index in [2.05, 4.69) is 6.92 Å². The second-order valence-corrected chi connectivity index (χ2v) is 7.71. The average Bonchev–Trinajstić information content (AvgIpc) is 2.78. The SMILES string of the molecule is CCCC[C@H]1CC[C@H](C)N1S(=O)(=O)c1ccc(C)cc1. The molecule has 2 rings (SSSR count). The van der Waals surface area contributed by atoms with Crippen molar-refractivity contribution in [3.05, 3.63) is 29.8 Å². The van der Waals surface area contributed by atoms with Gasteiger partial charge in [-0.2, -0.15) is 4.31 Å². The van der Waals surface area contributed by atoms with Crippen LogP contribution in [0.5, 0.6) is 0 Å². The van der Waals surface area contributed by atoms with Crippen LogP contribution in [0.4, 0.5) is 0 Å². The van der Waals surface area contributed by atoms with E-state index in [1.807, 2.05) is 26.0 Å². The molecule has 4 heteroatoms. The summed E-state index contributed by atoms with van der Waals surface area (Å²) in [4.78, 5) is 0.429. The molecule has 0 amide bonds. The van der Waals surface area contributed by atoms with Gasteiger partial charge in [-0.15, -0.1) is 0 Å². The molecule has 0 bridgehead atoms. The van der Waals surface area contributed by atoms with Crippen molar-refractivity contribution in [3.63, 3.8) is 0 Å². The van der Waals surface area contributed by atoms with Crippen LogP contribution < -0.4 is 0 Å². The molecule has 0 N–H and O–H groups in total. The molecule has 1 aliphatic rings. The Hall–Kier alpha value is -0.870. The van der Waals surface area contributed by atoms with E-state index in [-0.39, 0.29) is 12.1 Å². The van der Waals surface area contributed by atoms with Gasteiger partial charge in [-0.1, -0.05) is 37.5 Å². The van der Waals surface area contributed by atoms with Gasteiger partial charge >= 0.3 is 0 Å². The van der Waals surface area contributed by atoms with Gasteiger partial charge in [-0.3, -0.25) is 0 Å². The fourth-order valence-electron chi connectivity index (χ4n) is 3.02. The molecular formula is C16H25NO2S. The van der Waals surface area contributed by atoms with E-state index < -0.39 is 10.0 Å². The van der Waals surface area contributed by atoms with Gasteiger partial charge in [0, 0.05) is 12.1 Å². The first-order valence-corrected chi connectivity index (χ1v) is 9.01. The standard InChI is InChI=1S/C16H25NO2S/c1-4-5-6-15-10-9-14(3)17(15)20(18,19)16-11-7-13(2)8-12-16/h7-8,11-12,14-15H,4-6,9-10H2,1-3H3/t14-,15-/m0/s1. The normalized spacial score (nSPS) is 24.1. The molecule has 112 valence electrons. The Balaban J connectivity index is 2.28. The number of benzene rings is 1. The summed E-state index contributed by atoms with van der Waals surface area (Å²) in [6.45, 7) is 6.15. The summed E-state index contributed by atoms with van der Waals surface area (Å²) >= 11 is 0. The van der Waals surface area contributed by atoms with Crippen LogP contribution in [0.15, 0.2) is 29.2 Å².